The molecule has 3 atom stereocenters. The van der Waals surface area contributed by atoms with E-state index in [-0.39, 0.29) is 44.4 Å². The molecule has 1 aromatic carbocycles. The minimum atomic E-state index is -5.08. The number of carboxylic acids is 1. The number of benzene rings is 1. The molecule has 3 amide bonds. The highest BCUT2D eigenvalue weighted by molar-refractivity contribution is 7.13. The second-order valence-corrected chi connectivity index (χ2v) is 13.5. The highest BCUT2D eigenvalue weighted by atomic mass is 32.1. The van der Waals surface area contributed by atoms with Crippen LogP contribution in [0, 0.1) is 12.3 Å². The first-order chi connectivity index (χ1) is 23.9. The van der Waals surface area contributed by atoms with E-state index in [1.165, 1.54) is 4.90 Å². The van der Waals surface area contributed by atoms with E-state index in [2.05, 4.69) is 15.6 Å². The smallest absolute Gasteiger partial charge is 0.475 e. The first-order valence-electron chi connectivity index (χ1n) is 16.2. The maximum atomic E-state index is 13.7. The Morgan fingerprint density at radius 3 is 2.10 bits per heavy atom. The van der Waals surface area contributed by atoms with E-state index >= 15 is 0 Å². The number of alkyl halides is 3. The Hall–Kier alpha value is -3.68. The van der Waals surface area contributed by atoms with Crippen LogP contribution in [0.4, 0.5) is 13.2 Å². The van der Waals surface area contributed by atoms with Gasteiger partial charge in [-0.25, -0.2) is 9.78 Å². The summed E-state index contributed by atoms with van der Waals surface area (Å²) in [5.74, 6) is -3.85. The Morgan fingerprint density at radius 2 is 1.59 bits per heavy atom. The summed E-state index contributed by atoms with van der Waals surface area (Å²) >= 11 is 1.58. The fourth-order valence-corrected chi connectivity index (χ4v) is 5.62. The highest BCUT2D eigenvalue weighted by Crippen LogP contribution is 2.28. The molecule has 1 aliphatic heterocycles. The van der Waals surface area contributed by atoms with Gasteiger partial charge in [-0.2, -0.15) is 13.2 Å². The zero-order valence-corrected chi connectivity index (χ0v) is 30.0. The van der Waals surface area contributed by atoms with Gasteiger partial charge in [-0.3, -0.25) is 14.4 Å². The van der Waals surface area contributed by atoms with Gasteiger partial charge in [-0.15, -0.1) is 11.3 Å². The molecule has 0 aliphatic carbocycles. The Labute approximate surface area is 298 Å². The third-order valence-corrected chi connectivity index (χ3v) is 8.41. The molecular formula is C33H48F3N5O9S. The normalized spacial score (nSPS) is 16.6. The first kappa shape index (κ1) is 43.5. The Balaban J connectivity index is 0.00000116. The van der Waals surface area contributed by atoms with E-state index in [1.54, 1.807) is 11.3 Å². The van der Waals surface area contributed by atoms with Crippen LogP contribution in [-0.2, 0) is 39.9 Å². The molecule has 14 nitrogen and oxygen atoms in total. The van der Waals surface area contributed by atoms with Crippen molar-refractivity contribution in [3.63, 3.8) is 0 Å². The number of hydrogen-bond donors (Lipinski definition) is 5. The molecule has 3 rings (SSSR count). The average molecular weight is 748 g/mol. The van der Waals surface area contributed by atoms with Gasteiger partial charge in [0.25, 0.3) is 0 Å². The summed E-state index contributed by atoms with van der Waals surface area (Å²) in [6.45, 7) is 10.5. The first-order valence-corrected chi connectivity index (χ1v) is 17.1. The third kappa shape index (κ3) is 15.2. The van der Waals surface area contributed by atoms with Crippen LogP contribution >= 0.6 is 11.3 Å². The lowest BCUT2D eigenvalue weighted by atomic mass is 9.85. The van der Waals surface area contributed by atoms with Gasteiger partial charge in [0.2, 0.25) is 17.7 Å². The van der Waals surface area contributed by atoms with E-state index in [1.807, 2.05) is 57.5 Å². The number of carboxylic acid groups (broad SMARTS) is 1. The van der Waals surface area contributed by atoms with E-state index in [0.717, 1.165) is 21.7 Å². The second kappa shape index (κ2) is 21.0. The summed E-state index contributed by atoms with van der Waals surface area (Å²) in [6.07, 6.45) is -5.73. The molecule has 286 valence electrons. The van der Waals surface area contributed by atoms with Crippen molar-refractivity contribution >= 4 is 35.0 Å². The number of amides is 3. The van der Waals surface area contributed by atoms with E-state index < -0.39 is 41.7 Å². The number of halogens is 3. The summed E-state index contributed by atoms with van der Waals surface area (Å²) in [5.41, 5.74) is 9.47. The van der Waals surface area contributed by atoms with Gasteiger partial charge >= 0.3 is 12.1 Å². The number of likely N-dealkylation sites (tertiary alicyclic amines) is 1. The van der Waals surface area contributed by atoms with Crippen molar-refractivity contribution in [1.82, 2.24) is 20.5 Å². The quantitative estimate of drug-likeness (QED) is 0.149. The van der Waals surface area contributed by atoms with Gasteiger partial charge in [0.15, 0.2) is 0 Å². The van der Waals surface area contributed by atoms with Crippen molar-refractivity contribution in [2.75, 3.05) is 52.7 Å². The zero-order valence-electron chi connectivity index (χ0n) is 29.2. The van der Waals surface area contributed by atoms with Crippen LogP contribution in [0.15, 0.2) is 29.8 Å². The minimum Gasteiger partial charge on any atom is -0.475 e. The van der Waals surface area contributed by atoms with Gasteiger partial charge in [0.1, 0.15) is 12.1 Å². The number of nitrogens with two attached hydrogens (primary N) is 1. The fraction of sp³-hybridized carbons (Fsp3) is 0.606. The number of β-amino-alcohol motifs (C(OH)–C–C–N with tert-alkyl or cyclic N) is 1. The van der Waals surface area contributed by atoms with Crippen LogP contribution in [-0.4, -0.2) is 121 Å². The number of carbonyl (C=O) groups is 4. The Morgan fingerprint density at radius 1 is 1.02 bits per heavy atom. The number of thiazole rings is 1. The van der Waals surface area contributed by atoms with Crippen LogP contribution in [0.5, 0.6) is 0 Å². The van der Waals surface area contributed by atoms with E-state index in [9.17, 15) is 32.7 Å². The lowest BCUT2D eigenvalue weighted by molar-refractivity contribution is -0.192. The lowest BCUT2D eigenvalue weighted by Gasteiger charge is -2.35. The monoisotopic (exact) mass is 747 g/mol. The van der Waals surface area contributed by atoms with Gasteiger partial charge in [-0.05, 0) is 23.5 Å². The van der Waals surface area contributed by atoms with Gasteiger partial charge in [0.05, 0.1) is 61.8 Å². The van der Waals surface area contributed by atoms with Crippen molar-refractivity contribution in [2.24, 2.45) is 11.1 Å². The van der Waals surface area contributed by atoms with E-state index in [4.69, 9.17) is 29.8 Å². The van der Waals surface area contributed by atoms with Crippen LogP contribution in [0.25, 0.3) is 10.4 Å². The number of aliphatic carboxylic acids is 1. The molecular weight excluding hydrogens is 699 g/mol. The SMILES string of the molecule is Cc1ncsc1-c1ccc(CNC(=O)[C@@H]2C[C@@H](O)CN2C(=O)[C@@H](NC(=O)CCOCCOCCOCCN)C(C)(C)C)cc1.O=C(O)C(F)(F)F. The number of nitrogens with one attached hydrogen (secondary N) is 2. The van der Waals surface area contributed by atoms with Crippen LogP contribution < -0.4 is 16.4 Å². The van der Waals surface area contributed by atoms with Crippen molar-refractivity contribution in [3.05, 3.63) is 41.0 Å². The lowest BCUT2D eigenvalue weighted by Crippen LogP contribution is -2.57. The molecule has 51 heavy (non-hydrogen) atoms. The number of aryl methyl sites for hydroxylation is 1. The molecule has 0 bridgehead atoms. The number of nitrogens with zero attached hydrogens (tertiary/aromatic N) is 2. The Kier molecular flexibility index (Phi) is 17.9. The van der Waals surface area contributed by atoms with Crippen molar-refractivity contribution in [1.29, 1.82) is 0 Å². The average Bonchev–Trinajstić information content (AvgIpc) is 3.67. The van der Waals surface area contributed by atoms with E-state index in [0.29, 0.717) is 39.6 Å². The number of aliphatic hydroxyl groups excluding tert-OH is 1. The molecule has 2 heterocycles. The largest absolute Gasteiger partial charge is 0.490 e. The molecule has 1 aromatic heterocycles. The van der Waals surface area contributed by atoms with Gasteiger partial charge < -0.3 is 45.7 Å². The maximum Gasteiger partial charge on any atom is 0.490 e. The molecule has 1 saturated heterocycles. The van der Waals surface area contributed by atoms with Crippen molar-refractivity contribution < 1.29 is 56.8 Å². The van der Waals surface area contributed by atoms with Gasteiger partial charge in [-0.1, -0.05) is 45.0 Å². The maximum absolute atomic E-state index is 13.7. The predicted molar refractivity (Wildman–Crippen MR) is 181 cm³/mol. The second-order valence-electron chi connectivity index (χ2n) is 12.6. The minimum absolute atomic E-state index is 0.0165. The molecule has 1 fully saturated rings. The Bertz CT molecular complexity index is 1400. The van der Waals surface area contributed by atoms with Crippen molar-refractivity contribution in [2.45, 2.75) is 71.4 Å². The molecule has 2 aromatic rings. The molecule has 1 aliphatic rings. The number of aromatic nitrogens is 1. The molecule has 0 unspecified atom stereocenters. The van der Waals surface area contributed by atoms with Crippen LogP contribution in [0.2, 0.25) is 0 Å². The zero-order chi connectivity index (χ0) is 38.2. The van der Waals surface area contributed by atoms with Crippen LogP contribution in [0.1, 0.15) is 44.9 Å². The third-order valence-electron chi connectivity index (χ3n) is 7.43. The molecule has 6 N–H and O–H groups in total. The summed E-state index contributed by atoms with van der Waals surface area (Å²) in [5, 5.41) is 23.3. The van der Waals surface area contributed by atoms with Crippen molar-refractivity contribution in [3.8, 4) is 10.4 Å². The summed E-state index contributed by atoms with van der Waals surface area (Å²) in [4.78, 5) is 55.4. The number of hydrogen-bond acceptors (Lipinski definition) is 11. The number of carbonyl (C=O) groups excluding carboxylic acids is 3. The standard InChI is InChI=1S/C31H47N5O7S.C2HF3O2/c1-21-27(44-20-34-21)23-7-5-22(6-8-23)18-33-29(39)25-17-24(37)19-36(25)30(40)28(31(2,3)4)35-26(38)9-11-41-13-15-43-16-14-42-12-10-32;3-2(4,5)1(6)7/h5-8,20,24-25,28,37H,9-19,32H2,1-4H3,(H,33,39)(H,35,38);(H,6,7)/t24-,25+,28-;/m1./s1. The van der Waals surface area contributed by atoms with Gasteiger partial charge in [0, 0.05) is 32.5 Å². The molecule has 0 saturated carbocycles. The summed E-state index contributed by atoms with van der Waals surface area (Å²) in [7, 11) is 0. The topological polar surface area (TPSA) is 203 Å². The summed E-state index contributed by atoms with van der Waals surface area (Å²) < 4.78 is 47.8. The molecule has 18 heteroatoms. The predicted octanol–water partition coefficient (Wildman–Crippen LogP) is 2.26. The molecule has 0 radical (unpaired) electrons. The number of ether oxygens (including phenoxy) is 3. The highest BCUT2D eigenvalue weighted by Gasteiger charge is 2.44. The summed E-state index contributed by atoms with van der Waals surface area (Å²) in [6, 6.07) is 6.14. The fourth-order valence-electron chi connectivity index (χ4n) is 4.80. The molecule has 0 spiro atoms. The number of rotatable bonds is 17. The van der Waals surface area contributed by atoms with Crippen LogP contribution in [0.3, 0.4) is 0 Å². The number of aliphatic hydroxyl groups is 1.